The fourth-order valence-electron chi connectivity index (χ4n) is 2.15. The van der Waals surface area contributed by atoms with Gasteiger partial charge in [0.2, 0.25) is 5.91 Å². The van der Waals surface area contributed by atoms with Gasteiger partial charge in [-0.15, -0.1) is 0 Å². The molecule has 0 bridgehead atoms. The molecule has 0 heterocycles. The average Bonchev–Trinajstić information content (AvgIpc) is 3.24. The van der Waals surface area contributed by atoms with Gasteiger partial charge in [-0.2, -0.15) is 17.9 Å². The van der Waals surface area contributed by atoms with E-state index in [1.54, 1.807) is 0 Å². The minimum atomic E-state index is -0.318. The maximum atomic E-state index is 12.4. The van der Waals surface area contributed by atoms with Crippen LogP contribution >= 0.6 is 12.6 Å². The van der Waals surface area contributed by atoms with Crippen LogP contribution in [-0.2, 0) is 11.2 Å². The number of amides is 1. The van der Waals surface area contributed by atoms with Crippen molar-refractivity contribution in [3.8, 4) is 6.07 Å². The Bertz CT molecular complexity index is 465. The highest BCUT2D eigenvalue weighted by Gasteiger charge is 2.34. The fraction of sp³-hybridized carbons (Fsp3) is 0.467. The van der Waals surface area contributed by atoms with Crippen LogP contribution in [0.3, 0.4) is 0 Å². The van der Waals surface area contributed by atoms with E-state index in [1.165, 1.54) is 0 Å². The first-order valence-corrected chi connectivity index (χ1v) is 7.13. The van der Waals surface area contributed by atoms with Crippen LogP contribution in [-0.4, -0.2) is 28.6 Å². The van der Waals surface area contributed by atoms with E-state index in [4.69, 9.17) is 5.26 Å². The van der Waals surface area contributed by atoms with Crippen LogP contribution in [0.15, 0.2) is 30.3 Å². The van der Waals surface area contributed by atoms with Gasteiger partial charge in [-0.3, -0.25) is 4.79 Å². The lowest BCUT2D eigenvalue weighted by atomic mass is 10.1. The molecule has 1 atom stereocenters. The summed E-state index contributed by atoms with van der Waals surface area (Å²) in [4.78, 5) is 14.2. The molecule has 1 unspecified atom stereocenters. The van der Waals surface area contributed by atoms with E-state index in [0.29, 0.717) is 25.4 Å². The number of nitrogens with zero attached hydrogens (tertiary/aromatic N) is 2. The molecule has 19 heavy (non-hydrogen) atoms. The second-order valence-corrected chi connectivity index (χ2v) is 5.50. The molecule has 0 saturated heterocycles. The molecule has 4 heteroatoms. The third kappa shape index (κ3) is 4.00. The average molecular weight is 274 g/mol. The lowest BCUT2D eigenvalue weighted by Gasteiger charge is -2.24. The molecular weight excluding hydrogens is 256 g/mol. The highest BCUT2D eigenvalue weighted by atomic mass is 32.1. The highest BCUT2D eigenvalue weighted by molar-refractivity contribution is 7.81. The molecule has 0 aromatic heterocycles. The fourth-order valence-corrected chi connectivity index (χ4v) is 2.50. The third-order valence-corrected chi connectivity index (χ3v) is 3.70. The molecule has 1 aromatic carbocycles. The minimum Gasteiger partial charge on any atom is -0.338 e. The number of hydrogen-bond donors (Lipinski definition) is 1. The highest BCUT2D eigenvalue weighted by Crippen LogP contribution is 2.28. The van der Waals surface area contributed by atoms with Crippen molar-refractivity contribution in [1.29, 1.82) is 5.26 Å². The first kappa shape index (κ1) is 14.0. The van der Waals surface area contributed by atoms with Crippen LogP contribution < -0.4 is 0 Å². The van der Waals surface area contributed by atoms with Crippen molar-refractivity contribution < 1.29 is 4.79 Å². The zero-order valence-electron chi connectivity index (χ0n) is 10.8. The van der Waals surface area contributed by atoms with Crippen molar-refractivity contribution in [2.75, 3.05) is 6.54 Å². The van der Waals surface area contributed by atoms with Crippen molar-refractivity contribution >= 4 is 18.5 Å². The summed E-state index contributed by atoms with van der Waals surface area (Å²) >= 11 is 4.45. The first-order chi connectivity index (χ1) is 9.22. The predicted molar refractivity (Wildman–Crippen MR) is 77.9 cm³/mol. The van der Waals surface area contributed by atoms with Gasteiger partial charge in [-0.1, -0.05) is 30.3 Å². The van der Waals surface area contributed by atoms with E-state index in [2.05, 4.69) is 18.7 Å². The van der Waals surface area contributed by atoms with Crippen molar-refractivity contribution in [2.24, 2.45) is 0 Å². The SMILES string of the molecule is N#CCCN(C(=O)C(S)Cc1ccccc1)C1CC1. The van der Waals surface area contributed by atoms with Crippen LogP contribution in [0.5, 0.6) is 0 Å². The lowest BCUT2D eigenvalue weighted by molar-refractivity contribution is -0.131. The topological polar surface area (TPSA) is 44.1 Å². The van der Waals surface area contributed by atoms with Gasteiger partial charge in [-0.05, 0) is 24.8 Å². The third-order valence-electron chi connectivity index (χ3n) is 3.29. The normalized spacial score (nSPS) is 15.6. The Kier molecular flexibility index (Phi) is 4.86. The predicted octanol–water partition coefficient (Wildman–Crippen LogP) is 2.43. The molecule has 0 N–H and O–H groups in total. The van der Waals surface area contributed by atoms with Crippen molar-refractivity contribution in [1.82, 2.24) is 4.90 Å². The van der Waals surface area contributed by atoms with Crippen LogP contribution in [0.25, 0.3) is 0 Å². The molecule has 0 radical (unpaired) electrons. The van der Waals surface area contributed by atoms with Gasteiger partial charge in [-0.25, -0.2) is 0 Å². The van der Waals surface area contributed by atoms with E-state index >= 15 is 0 Å². The zero-order valence-corrected chi connectivity index (χ0v) is 11.7. The number of benzene rings is 1. The Morgan fingerprint density at radius 2 is 2.11 bits per heavy atom. The molecule has 1 amide bonds. The molecule has 3 nitrogen and oxygen atoms in total. The first-order valence-electron chi connectivity index (χ1n) is 6.62. The van der Waals surface area contributed by atoms with E-state index in [9.17, 15) is 4.79 Å². The Hall–Kier alpha value is -1.47. The van der Waals surface area contributed by atoms with Gasteiger partial charge in [0.1, 0.15) is 0 Å². The van der Waals surface area contributed by atoms with Gasteiger partial charge in [0.15, 0.2) is 0 Å². The molecule has 1 saturated carbocycles. The number of carbonyl (C=O) groups excluding carboxylic acids is 1. The number of nitriles is 1. The number of rotatable bonds is 6. The van der Waals surface area contributed by atoms with Crippen LogP contribution in [0.1, 0.15) is 24.8 Å². The Balaban J connectivity index is 1.95. The molecule has 0 aliphatic heterocycles. The molecule has 1 aromatic rings. The zero-order chi connectivity index (χ0) is 13.7. The van der Waals surface area contributed by atoms with Crippen molar-refractivity contribution in [3.05, 3.63) is 35.9 Å². The largest absolute Gasteiger partial charge is 0.338 e. The number of thiol groups is 1. The quantitative estimate of drug-likeness (QED) is 0.810. The van der Waals surface area contributed by atoms with Crippen LogP contribution in [0, 0.1) is 11.3 Å². The molecular formula is C15H18N2OS. The maximum Gasteiger partial charge on any atom is 0.236 e. The summed E-state index contributed by atoms with van der Waals surface area (Å²) in [6.07, 6.45) is 3.15. The monoisotopic (exact) mass is 274 g/mol. The summed E-state index contributed by atoms with van der Waals surface area (Å²) in [5, 5.41) is 8.35. The molecule has 2 rings (SSSR count). The second kappa shape index (κ2) is 6.63. The molecule has 100 valence electrons. The molecule has 1 aliphatic carbocycles. The van der Waals surface area contributed by atoms with E-state index in [1.807, 2.05) is 35.2 Å². The summed E-state index contributed by atoms with van der Waals surface area (Å²) in [7, 11) is 0. The van der Waals surface area contributed by atoms with Crippen molar-refractivity contribution in [2.45, 2.75) is 37.0 Å². The Morgan fingerprint density at radius 3 is 2.68 bits per heavy atom. The summed E-state index contributed by atoms with van der Waals surface area (Å²) in [6, 6.07) is 12.4. The van der Waals surface area contributed by atoms with Crippen molar-refractivity contribution in [3.63, 3.8) is 0 Å². The lowest BCUT2D eigenvalue weighted by Crippen LogP contribution is -2.40. The smallest absolute Gasteiger partial charge is 0.236 e. The summed E-state index contributed by atoms with van der Waals surface area (Å²) in [5.41, 5.74) is 1.12. The Morgan fingerprint density at radius 1 is 1.42 bits per heavy atom. The number of hydrogen-bond acceptors (Lipinski definition) is 3. The van der Waals surface area contributed by atoms with Gasteiger partial charge in [0.05, 0.1) is 17.7 Å². The molecule has 1 fully saturated rings. The van der Waals surface area contributed by atoms with E-state index < -0.39 is 0 Å². The van der Waals surface area contributed by atoms with Gasteiger partial charge in [0.25, 0.3) is 0 Å². The van der Waals surface area contributed by atoms with E-state index in [0.717, 1.165) is 18.4 Å². The maximum absolute atomic E-state index is 12.4. The van der Waals surface area contributed by atoms with Gasteiger partial charge < -0.3 is 4.90 Å². The Labute approximate surface area is 119 Å². The molecule has 0 spiro atoms. The van der Waals surface area contributed by atoms with Gasteiger partial charge >= 0.3 is 0 Å². The summed E-state index contributed by atoms with van der Waals surface area (Å²) < 4.78 is 0. The summed E-state index contributed by atoms with van der Waals surface area (Å²) in [5.74, 6) is 0.0601. The van der Waals surface area contributed by atoms with Gasteiger partial charge in [0, 0.05) is 12.6 Å². The summed E-state index contributed by atoms with van der Waals surface area (Å²) in [6.45, 7) is 0.534. The standard InChI is InChI=1S/C15H18N2OS/c16-9-4-10-17(13-7-8-13)15(18)14(19)11-12-5-2-1-3-6-12/h1-3,5-6,13-14,19H,4,7-8,10-11H2. The van der Waals surface area contributed by atoms with Crippen LogP contribution in [0.4, 0.5) is 0 Å². The van der Waals surface area contributed by atoms with Crippen LogP contribution in [0.2, 0.25) is 0 Å². The number of carbonyl (C=O) groups is 1. The van der Waals surface area contributed by atoms with E-state index in [-0.39, 0.29) is 11.2 Å². The minimum absolute atomic E-state index is 0.0601. The second-order valence-electron chi connectivity index (χ2n) is 4.88. The molecule has 1 aliphatic rings.